The quantitative estimate of drug-likeness (QED) is 0.772. The first-order chi connectivity index (χ1) is 8.12. The van der Waals surface area contributed by atoms with Gasteiger partial charge in [0.1, 0.15) is 5.82 Å². The molecule has 1 heterocycles. The number of fused-ring (bicyclic) bond motifs is 1. The third kappa shape index (κ3) is 3.21. The van der Waals surface area contributed by atoms with Crippen LogP contribution in [0.25, 0.3) is 11.0 Å². The maximum atomic E-state index is 12.9. The Morgan fingerprint density at radius 2 is 2.00 bits per heavy atom. The van der Waals surface area contributed by atoms with Crippen LogP contribution in [0.3, 0.4) is 0 Å². The Kier molecular flexibility index (Phi) is 4.51. The number of aryl methyl sites for hydroxylation is 2. The van der Waals surface area contributed by atoms with Crippen molar-refractivity contribution in [2.75, 3.05) is 0 Å². The normalized spacial score (nSPS) is 9.59. The Bertz CT molecular complexity index is 529. The van der Waals surface area contributed by atoms with Gasteiger partial charge < -0.3 is 5.11 Å². The predicted molar refractivity (Wildman–Crippen MR) is 62.3 cm³/mol. The summed E-state index contributed by atoms with van der Waals surface area (Å²) in [6, 6.07) is 4.48. The van der Waals surface area contributed by atoms with Crippen LogP contribution in [0.2, 0.25) is 0 Å². The van der Waals surface area contributed by atoms with Gasteiger partial charge in [0, 0.05) is 6.07 Å². The summed E-state index contributed by atoms with van der Waals surface area (Å²) in [4.78, 5) is 17.1. The van der Waals surface area contributed by atoms with Crippen LogP contribution in [0.5, 0.6) is 0 Å². The molecule has 1 aromatic carbocycles. The molecule has 1 aromatic heterocycles. The third-order valence-corrected chi connectivity index (χ3v) is 2.23. The highest BCUT2D eigenvalue weighted by atomic mass is 19.1. The van der Waals surface area contributed by atoms with Crippen molar-refractivity contribution < 1.29 is 14.3 Å². The van der Waals surface area contributed by atoms with Gasteiger partial charge in [0.15, 0.2) is 0 Å². The number of halogens is 1. The number of hydrogen-bond acceptors (Lipinski definition) is 3. The fourth-order valence-corrected chi connectivity index (χ4v) is 1.49. The monoisotopic (exact) mass is 236 g/mol. The molecule has 0 fully saturated rings. The first kappa shape index (κ1) is 13.0. The second-order valence-corrected chi connectivity index (χ2v) is 3.35. The molecule has 4 nitrogen and oxygen atoms in total. The average Bonchev–Trinajstić information content (AvgIpc) is 2.30. The van der Waals surface area contributed by atoms with Crippen molar-refractivity contribution in [2.24, 2.45) is 0 Å². The Morgan fingerprint density at radius 3 is 2.59 bits per heavy atom. The minimum absolute atomic E-state index is 0.250. The van der Waals surface area contributed by atoms with Gasteiger partial charge in [0.25, 0.3) is 6.47 Å². The van der Waals surface area contributed by atoms with Crippen molar-refractivity contribution in [2.45, 2.75) is 20.3 Å². The molecule has 0 saturated carbocycles. The number of hydrogen-bond donors (Lipinski definition) is 1. The summed E-state index contributed by atoms with van der Waals surface area (Å²) in [6.45, 7) is 3.69. The molecule has 0 radical (unpaired) electrons. The second kappa shape index (κ2) is 5.89. The molecule has 0 aliphatic carbocycles. The van der Waals surface area contributed by atoms with E-state index in [4.69, 9.17) is 9.90 Å². The number of carboxylic acid groups (broad SMARTS) is 1. The van der Waals surface area contributed by atoms with E-state index in [9.17, 15) is 4.39 Å². The lowest BCUT2D eigenvalue weighted by molar-refractivity contribution is -0.122. The topological polar surface area (TPSA) is 63.1 Å². The number of benzene rings is 1. The van der Waals surface area contributed by atoms with Crippen LogP contribution in [-0.2, 0) is 11.2 Å². The molecule has 17 heavy (non-hydrogen) atoms. The molecule has 5 heteroatoms. The third-order valence-electron chi connectivity index (χ3n) is 2.23. The van der Waals surface area contributed by atoms with E-state index < -0.39 is 0 Å². The van der Waals surface area contributed by atoms with E-state index in [0.29, 0.717) is 5.52 Å². The molecule has 0 unspecified atom stereocenters. The summed E-state index contributed by atoms with van der Waals surface area (Å²) in [5, 5.41) is 6.89. The number of aromatic nitrogens is 2. The summed E-state index contributed by atoms with van der Waals surface area (Å²) in [6.07, 6.45) is 0.825. The molecule has 0 atom stereocenters. The van der Waals surface area contributed by atoms with Crippen molar-refractivity contribution in [1.29, 1.82) is 0 Å². The van der Waals surface area contributed by atoms with E-state index in [0.717, 1.165) is 23.3 Å². The summed E-state index contributed by atoms with van der Waals surface area (Å²) in [7, 11) is 0. The SMILES string of the molecule is CCc1nc2cc(F)ccc2nc1C.O=CO. The molecular formula is C12H13FN2O2. The summed E-state index contributed by atoms with van der Waals surface area (Å²) >= 11 is 0. The highest BCUT2D eigenvalue weighted by molar-refractivity contribution is 5.74. The van der Waals surface area contributed by atoms with Crippen LogP contribution in [0.1, 0.15) is 18.3 Å². The van der Waals surface area contributed by atoms with Gasteiger partial charge in [-0.3, -0.25) is 4.79 Å². The largest absolute Gasteiger partial charge is 0.483 e. The average molecular weight is 236 g/mol. The lowest BCUT2D eigenvalue weighted by Gasteiger charge is -2.03. The molecule has 0 amide bonds. The van der Waals surface area contributed by atoms with E-state index in [1.807, 2.05) is 13.8 Å². The molecule has 0 saturated heterocycles. The van der Waals surface area contributed by atoms with Crippen molar-refractivity contribution in [3.8, 4) is 0 Å². The van der Waals surface area contributed by atoms with Crippen LogP contribution >= 0.6 is 0 Å². The van der Waals surface area contributed by atoms with Crippen molar-refractivity contribution in [1.82, 2.24) is 9.97 Å². The van der Waals surface area contributed by atoms with Crippen molar-refractivity contribution >= 4 is 17.5 Å². The molecule has 0 bridgehead atoms. The van der Waals surface area contributed by atoms with Gasteiger partial charge in [-0.2, -0.15) is 0 Å². The van der Waals surface area contributed by atoms with E-state index in [1.165, 1.54) is 12.1 Å². The van der Waals surface area contributed by atoms with Gasteiger partial charge in [0.2, 0.25) is 0 Å². The molecule has 0 aliphatic heterocycles. The van der Waals surface area contributed by atoms with Gasteiger partial charge >= 0.3 is 0 Å². The van der Waals surface area contributed by atoms with Crippen molar-refractivity contribution in [3.05, 3.63) is 35.4 Å². The molecule has 90 valence electrons. The molecule has 0 spiro atoms. The van der Waals surface area contributed by atoms with Crippen LogP contribution in [0.4, 0.5) is 4.39 Å². The highest BCUT2D eigenvalue weighted by Crippen LogP contribution is 2.14. The summed E-state index contributed by atoms with van der Waals surface area (Å²) in [5.74, 6) is -0.266. The second-order valence-electron chi connectivity index (χ2n) is 3.35. The van der Waals surface area contributed by atoms with Gasteiger partial charge in [-0.1, -0.05) is 6.92 Å². The zero-order valence-corrected chi connectivity index (χ0v) is 9.64. The van der Waals surface area contributed by atoms with Gasteiger partial charge in [0.05, 0.1) is 22.4 Å². The van der Waals surface area contributed by atoms with Crippen LogP contribution in [0, 0.1) is 12.7 Å². The maximum absolute atomic E-state index is 12.9. The Labute approximate surface area is 98.1 Å². The zero-order valence-electron chi connectivity index (χ0n) is 9.64. The summed E-state index contributed by atoms with van der Waals surface area (Å²) < 4.78 is 12.9. The smallest absolute Gasteiger partial charge is 0.290 e. The van der Waals surface area contributed by atoms with E-state index >= 15 is 0 Å². The summed E-state index contributed by atoms with van der Waals surface area (Å²) in [5.41, 5.74) is 3.24. The number of nitrogens with zero attached hydrogens (tertiary/aromatic N) is 2. The van der Waals surface area contributed by atoms with E-state index in [1.54, 1.807) is 6.07 Å². The molecule has 0 aliphatic rings. The first-order valence-corrected chi connectivity index (χ1v) is 5.13. The molecule has 2 rings (SSSR count). The number of rotatable bonds is 1. The Balaban J connectivity index is 0.000000437. The highest BCUT2D eigenvalue weighted by Gasteiger charge is 2.03. The molecular weight excluding hydrogens is 223 g/mol. The fourth-order valence-electron chi connectivity index (χ4n) is 1.49. The first-order valence-electron chi connectivity index (χ1n) is 5.13. The van der Waals surface area contributed by atoms with Crippen LogP contribution < -0.4 is 0 Å². The Morgan fingerprint density at radius 1 is 1.35 bits per heavy atom. The van der Waals surface area contributed by atoms with Gasteiger partial charge in [-0.15, -0.1) is 0 Å². The number of carbonyl (C=O) groups is 1. The van der Waals surface area contributed by atoms with E-state index in [2.05, 4.69) is 9.97 Å². The predicted octanol–water partition coefficient (Wildman–Crippen LogP) is 2.34. The fraction of sp³-hybridized carbons (Fsp3) is 0.250. The minimum Gasteiger partial charge on any atom is -0.483 e. The standard InChI is InChI=1S/C11H11FN2.CH2O2/c1-3-9-7(2)13-10-5-4-8(12)6-11(10)14-9;2-1-3/h4-6H,3H2,1-2H3;1H,(H,2,3). The van der Waals surface area contributed by atoms with Gasteiger partial charge in [-0.25, -0.2) is 14.4 Å². The lowest BCUT2D eigenvalue weighted by Crippen LogP contribution is -1.97. The minimum atomic E-state index is -0.266. The van der Waals surface area contributed by atoms with Crippen LogP contribution in [0.15, 0.2) is 18.2 Å². The lowest BCUT2D eigenvalue weighted by atomic mass is 10.2. The molecule has 1 N–H and O–H groups in total. The zero-order chi connectivity index (χ0) is 12.8. The maximum Gasteiger partial charge on any atom is 0.290 e. The van der Waals surface area contributed by atoms with Crippen molar-refractivity contribution in [3.63, 3.8) is 0 Å². The van der Waals surface area contributed by atoms with Crippen LogP contribution in [-0.4, -0.2) is 21.5 Å². The van der Waals surface area contributed by atoms with Gasteiger partial charge in [-0.05, 0) is 25.5 Å². The molecule has 2 aromatic rings. The Hall–Kier alpha value is -2.04. The van der Waals surface area contributed by atoms with E-state index in [-0.39, 0.29) is 12.3 Å².